The molecule has 0 fully saturated rings. The Morgan fingerprint density at radius 1 is 0.812 bits per heavy atom. The molecular formula is C26H33NO5. The SMILES string of the molecule is C=CC(=O)OCCCCCCOc1ccc(C(=O)Nc2ccc(OCCCC)cc2)cc1. The molecule has 6 heteroatoms. The molecule has 0 spiro atoms. The standard InChI is InChI=1S/C26H33NO5/c1-3-5-18-30-24-16-12-22(13-17-24)27-26(29)21-10-14-23(15-11-21)31-19-8-6-7-9-20-32-25(28)4-2/h4,10-17H,2-3,5-9,18-20H2,1H3,(H,27,29). The van der Waals surface area contributed by atoms with Crippen molar-refractivity contribution in [2.45, 2.75) is 45.4 Å². The van der Waals surface area contributed by atoms with Gasteiger partial charge in [0.15, 0.2) is 0 Å². The zero-order valence-corrected chi connectivity index (χ0v) is 18.8. The smallest absolute Gasteiger partial charge is 0.330 e. The number of unbranched alkanes of at least 4 members (excludes halogenated alkanes) is 4. The lowest BCUT2D eigenvalue weighted by Gasteiger charge is -2.09. The van der Waals surface area contributed by atoms with E-state index < -0.39 is 0 Å². The first-order chi connectivity index (χ1) is 15.6. The van der Waals surface area contributed by atoms with E-state index in [1.807, 2.05) is 24.3 Å². The topological polar surface area (TPSA) is 73.9 Å². The van der Waals surface area contributed by atoms with Crippen molar-refractivity contribution in [3.8, 4) is 11.5 Å². The van der Waals surface area contributed by atoms with Crippen LogP contribution in [-0.2, 0) is 9.53 Å². The van der Waals surface area contributed by atoms with Crippen molar-refractivity contribution in [2.75, 3.05) is 25.1 Å². The van der Waals surface area contributed by atoms with Crippen LogP contribution >= 0.6 is 0 Å². The van der Waals surface area contributed by atoms with Crippen LogP contribution in [0.25, 0.3) is 0 Å². The van der Waals surface area contributed by atoms with Crippen LogP contribution < -0.4 is 14.8 Å². The third-order valence-corrected chi connectivity index (χ3v) is 4.71. The number of hydrogen-bond donors (Lipinski definition) is 1. The summed E-state index contributed by atoms with van der Waals surface area (Å²) in [4.78, 5) is 23.4. The average molecular weight is 440 g/mol. The van der Waals surface area contributed by atoms with Crippen LogP contribution in [0, 0.1) is 0 Å². The summed E-state index contributed by atoms with van der Waals surface area (Å²) in [5, 5.41) is 2.89. The molecule has 0 aliphatic rings. The predicted octanol–water partition coefficient (Wildman–Crippen LogP) is 5.79. The summed E-state index contributed by atoms with van der Waals surface area (Å²) in [6, 6.07) is 14.5. The Balaban J connectivity index is 1.65. The molecule has 0 aliphatic carbocycles. The number of carbonyl (C=O) groups is 2. The summed E-state index contributed by atoms with van der Waals surface area (Å²) in [5.41, 5.74) is 1.28. The zero-order chi connectivity index (χ0) is 23.0. The van der Waals surface area contributed by atoms with Crippen molar-refractivity contribution in [3.63, 3.8) is 0 Å². The van der Waals surface area contributed by atoms with E-state index in [4.69, 9.17) is 14.2 Å². The van der Waals surface area contributed by atoms with Gasteiger partial charge in [-0.2, -0.15) is 0 Å². The summed E-state index contributed by atoms with van der Waals surface area (Å²) in [5.74, 6) is 0.980. The third kappa shape index (κ3) is 9.69. The fraction of sp³-hybridized carbons (Fsp3) is 0.385. The molecule has 2 aromatic carbocycles. The maximum absolute atomic E-state index is 12.4. The molecule has 1 amide bonds. The Morgan fingerprint density at radius 2 is 1.38 bits per heavy atom. The van der Waals surface area contributed by atoms with Gasteiger partial charge in [-0.1, -0.05) is 19.9 Å². The first kappa shape index (κ1) is 25.0. The number of anilines is 1. The molecule has 0 bridgehead atoms. The number of esters is 1. The number of hydrogen-bond acceptors (Lipinski definition) is 5. The number of amides is 1. The van der Waals surface area contributed by atoms with Crippen LogP contribution in [0.1, 0.15) is 55.8 Å². The molecule has 0 unspecified atom stereocenters. The molecule has 0 saturated carbocycles. The molecule has 0 heterocycles. The normalized spacial score (nSPS) is 10.3. The minimum absolute atomic E-state index is 0.173. The van der Waals surface area contributed by atoms with Gasteiger partial charge in [-0.3, -0.25) is 4.79 Å². The second-order valence-corrected chi connectivity index (χ2v) is 7.34. The number of nitrogens with one attached hydrogen (secondary N) is 1. The Labute approximate surface area is 190 Å². The lowest BCUT2D eigenvalue weighted by Crippen LogP contribution is -2.11. The summed E-state index contributed by atoms with van der Waals surface area (Å²) >= 11 is 0. The van der Waals surface area contributed by atoms with Crippen molar-refractivity contribution >= 4 is 17.6 Å². The lowest BCUT2D eigenvalue weighted by molar-refractivity contribution is -0.137. The molecule has 2 aromatic rings. The number of carbonyl (C=O) groups excluding carboxylic acids is 2. The van der Waals surface area contributed by atoms with Crippen LogP contribution in [0.15, 0.2) is 61.2 Å². The predicted molar refractivity (Wildman–Crippen MR) is 126 cm³/mol. The summed E-state index contributed by atoms with van der Waals surface area (Å²) in [7, 11) is 0. The maximum atomic E-state index is 12.4. The molecule has 0 atom stereocenters. The van der Waals surface area contributed by atoms with Crippen molar-refractivity contribution < 1.29 is 23.8 Å². The average Bonchev–Trinajstić information content (AvgIpc) is 2.82. The van der Waals surface area contributed by atoms with Gasteiger partial charge in [-0.05, 0) is 80.6 Å². The fourth-order valence-corrected chi connectivity index (χ4v) is 2.85. The molecular weight excluding hydrogens is 406 g/mol. The van der Waals surface area contributed by atoms with E-state index >= 15 is 0 Å². The Bertz CT molecular complexity index is 830. The minimum Gasteiger partial charge on any atom is -0.494 e. The van der Waals surface area contributed by atoms with Crippen molar-refractivity contribution in [3.05, 3.63) is 66.7 Å². The van der Waals surface area contributed by atoms with Gasteiger partial charge in [0.1, 0.15) is 11.5 Å². The number of ether oxygens (including phenoxy) is 3. The van der Waals surface area contributed by atoms with Gasteiger partial charge in [0.25, 0.3) is 5.91 Å². The van der Waals surface area contributed by atoms with Gasteiger partial charge in [0.2, 0.25) is 0 Å². The second-order valence-electron chi connectivity index (χ2n) is 7.34. The quantitative estimate of drug-likeness (QED) is 0.216. The van der Waals surface area contributed by atoms with E-state index in [2.05, 4.69) is 18.8 Å². The first-order valence-electron chi connectivity index (χ1n) is 11.2. The monoisotopic (exact) mass is 439 g/mol. The summed E-state index contributed by atoms with van der Waals surface area (Å²) in [6.07, 6.45) is 6.99. The molecule has 0 aromatic heterocycles. The Kier molecular flexibility index (Phi) is 11.5. The molecule has 6 nitrogen and oxygen atoms in total. The van der Waals surface area contributed by atoms with Crippen LogP contribution in [-0.4, -0.2) is 31.7 Å². The highest BCUT2D eigenvalue weighted by molar-refractivity contribution is 6.04. The maximum Gasteiger partial charge on any atom is 0.330 e. The number of rotatable bonds is 15. The highest BCUT2D eigenvalue weighted by Gasteiger charge is 2.07. The van der Waals surface area contributed by atoms with Gasteiger partial charge in [0, 0.05) is 17.3 Å². The van der Waals surface area contributed by atoms with E-state index in [0.29, 0.717) is 25.4 Å². The van der Waals surface area contributed by atoms with Crippen LogP contribution in [0.5, 0.6) is 11.5 Å². The Morgan fingerprint density at radius 3 is 1.97 bits per heavy atom. The van der Waals surface area contributed by atoms with E-state index in [0.717, 1.165) is 55.7 Å². The molecule has 32 heavy (non-hydrogen) atoms. The van der Waals surface area contributed by atoms with Gasteiger partial charge in [0.05, 0.1) is 19.8 Å². The largest absolute Gasteiger partial charge is 0.494 e. The van der Waals surface area contributed by atoms with Crippen molar-refractivity contribution in [2.24, 2.45) is 0 Å². The number of benzene rings is 2. The van der Waals surface area contributed by atoms with Gasteiger partial charge in [-0.25, -0.2) is 4.79 Å². The van der Waals surface area contributed by atoms with Gasteiger partial charge >= 0.3 is 5.97 Å². The highest BCUT2D eigenvalue weighted by Crippen LogP contribution is 2.18. The van der Waals surface area contributed by atoms with E-state index in [1.54, 1.807) is 24.3 Å². The second kappa shape index (κ2) is 14.7. The highest BCUT2D eigenvalue weighted by atomic mass is 16.5. The van der Waals surface area contributed by atoms with Crippen molar-refractivity contribution in [1.29, 1.82) is 0 Å². The molecule has 0 aliphatic heterocycles. The zero-order valence-electron chi connectivity index (χ0n) is 18.8. The van der Waals surface area contributed by atoms with Crippen LogP contribution in [0.2, 0.25) is 0 Å². The third-order valence-electron chi connectivity index (χ3n) is 4.71. The molecule has 1 N–H and O–H groups in total. The molecule has 0 radical (unpaired) electrons. The lowest BCUT2D eigenvalue weighted by atomic mass is 10.2. The summed E-state index contributed by atoms with van der Waals surface area (Å²) in [6.45, 7) is 7.20. The van der Waals surface area contributed by atoms with Crippen molar-refractivity contribution in [1.82, 2.24) is 0 Å². The van der Waals surface area contributed by atoms with E-state index in [9.17, 15) is 9.59 Å². The molecule has 172 valence electrons. The van der Waals surface area contributed by atoms with Crippen LogP contribution in [0.4, 0.5) is 5.69 Å². The molecule has 2 rings (SSSR count). The van der Waals surface area contributed by atoms with E-state index in [-0.39, 0.29) is 11.9 Å². The van der Waals surface area contributed by atoms with Crippen LogP contribution in [0.3, 0.4) is 0 Å². The van der Waals surface area contributed by atoms with E-state index in [1.165, 1.54) is 6.08 Å². The Hall–Kier alpha value is -3.28. The summed E-state index contributed by atoms with van der Waals surface area (Å²) < 4.78 is 16.3. The molecule has 0 saturated heterocycles. The van der Waals surface area contributed by atoms with Gasteiger partial charge in [-0.15, -0.1) is 0 Å². The minimum atomic E-state index is -0.379. The van der Waals surface area contributed by atoms with Gasteiger partial charge < -0.3 is 19.5 Å². The first-order valence-corrected chi connectivity index (χ1v) is 11.2. The fourth-order valence-electron chi connectivity index (χ4n) is 2.85.